The van der Waals surface area contributed by atoms with E-state index in [0.717, 1.165) is 39.0 Å². The quantitative estimate of drug-likeness (QED) is 0.732. The van der Waals surface area contributed by atoms with Crippen molar-refractivity contribution in [2.24, 2.45) is 5.92 Å². The average Bonchev–Trinajstić information content (AvgIpc) is 2.71. The summed E-state index contributed by atoms with van der Waals surface area (Å²) in [6.07, 6.45) is 2.05. The highest BCUT2D eigenvalue weighted by Gasteiger charge is 2.34. The first kappa shape index (κ1) is 13.8. The van der Waals surface area contributed by atoms with Gasteiger partial charge in [0.1, 0.15) is 0 Å². The van der Waals surface area contributed by atoms with Crippen molar-refractivity contribution in [1.29, 1.82) is 0 Å². The highest BCUT2D eigenvalue weighted by atomic mass is 16.5. The molecule has 1 amide bonds. The van der Waals surface area contributed by atoms with E-state index in [2.05, 4.69) is 22.6 Å². The van der Waals surface area contributed by atoms with Crippen molar-refractivity contribution in [2.45, 2.75) is 31.9 Å². The minimum atomic E-state index is 0.144. The third-order valence-corrected chi connectivity index (χ3v) is 3.87. The maximum absolute atomic E-state index is 12.2. The first-order valence-electron chi connectivity index (χ1n) is 7.02. The summed E-state index contributed by atoms with van der Waals surface area (Å²) in [7, 11) is 2.07. The van der Waals surface area contributed by atoms with Gasteiger partial charge in [-0.1, -0.05) is 0 Å². The van der Waals surface area contributed by atoms with Crippen LogP contribution in [0, 0.1) is 5.92 Å². The first-order chi connectivity index (χ1) is 8.70. The van der Waals surface area contributed by atoms with Crippen molar-refractivity contribution in [2.75, 3.05) is 39.8 Å². The number of ether oxygens (including phenoxy) is 1. The van der Waals surface area contributed by atoms with E-state index >= 15 is 0 Å². The number of hydrogen-bond acceptors (Lipinski definition) is 4. The molecule has 0 aromatic carbocycles. The van der Waals surface area contributed by atoms with Gasteiger partial charge in [0.2, 0.25) is 5.91 Å². The summed E-state index contributed by atoms with van der Waals surface area (Å²) in [6, 6.07) is 0.150. The molecule has 0 aromatic rings. The van der Waals surface area contributed by atoms with Gasteiger partial charge in [-0.15, -0.1) is 0 Å². The van der Waals surface area contributed by atoms with Gasteiger partial charge in [-0.3, -0.25) is 4.79 Å². The zero-order valence-electron chi connectivity index (χ0n) is 11.4. The standard InChI is InChI=1S/C13H25N3O2/c1-3-18-12-9-16(2)8-11(12)15-13(17)10-4-6-14-7-5-10/h10-12,14H,3-9H2,1-2H3,(H,15,17). The molecule has 2 saturated heterocycles. The lowest BCUT2D eigenvalue weighted by Gasteiger charge is -2.25. The third-order valence-electron chi connectivity index (χ3n) is 3.87. The molecule has 18 heavy (non-hydrogen) atoms. The largest absolute Gasteiger partial charge is 0.375 e. The highest BCUT2D eigenvalue weighted by Crippen LogP contribution is 2.16. The van der Waals surface area contributed by atoms with Crippen LogP contribution in [0.1, 0.15) is 19.8 Å². The number of piperidine rings is 1. The number of nitrogens with zero attached hydrogens (tertiary/aromatic N) is 1. The van der Waals surface area contributed by atoms with E-state index in [-0.39, 0.29) is 24.0 Å². The molecule has 2 unspecified atom stereocenters. The molecule has 0 aromatic heterocycles. The van der Waals surface area contributed by atoms with Crippen LogP contribution >= 0.6 is 0 Å². The zero-order valence-corrected chi connectivity index (χ0v) is 11.4. The fraction of sp³-hybridized carbons (Fsp3) is 0.923. The molecule has 2 aliphatic rings. The molecular formula is C13H25N3O2. The minimum absolute atomic E-state index is 0.144. The van der Waals surface area contributed by atoms with Gasteiger partial charge in [0, 0.05) is 25.6 Å². The molecule has 2 heterocycles. The Balaban J connectivity index is 1.84. The molecule has 2 rings (SSSR count). The summed E-state index contributed by atoms with van der Waals surface area (Å²) in [5.41, 5.74) is 0. The lowest BCUT2D eigenvalue weighted by molar-refractivity contribution is -0.127. The molecule has 0 radical (unpaired) electrons. The zero-order chi connectivity index (χ0) is 13.0. The van der Waals surface area contributed by atoms with Gasteiger partial charge in [-0.2, -0.15) is 0 Å². The van der Waals surface area contributed by atoms with Crippen LogP contribution in [-0.2, 0) is 9.53 Å². The van der Waals surface area contributed by atoms with E-state index < -0.39 is 0 Å². The molecular weight excluding hydrogens is 230 g/mol. The van der Waals surface area contributed by atoms with Crippen LogP contribution in [0.25, 0.3) is 0 Å². The molecule has 5 heteroatoms. The van der Waals surface area contributed by atoms with Crippen LogP contribution in [0.5, 0.6) is 0 Å². The molecule has 2 aliphatic heterocycles. The van der Waals surface area contributed by atoms with Gasteiger partial charge in [0.25, 0.3) is 0 Å². The number of rotatable bonds is 4. The fourth-order valence-electron chi connectivity index (χ4n) is 2.87. The Morgan fingerprint density at radius 1 is 1.39 bits per heavy atom. The van der Waals surface area contributed by atoms with Gasteiger partial charge >= 0.3 is 0 Å². The van der Waals surface area contributed by atoms with Crippen LogP contribution < -0.4 is 10.6 Å². The SMILES string of the molecule is CCOC1CN(C)CC1NC(=O)C1CCNCC1. The summed E-state index contributed by atoms with van der Waals surface area (Å²) in [6.45, 7) is 6.42. The molecule has 2 N–H and O–H groups in total. The van der Waals surface area contributed by atoms with Crippen LogP contribution in [0.2, 0.25) is 0 Å². The van der Waals surface area contributed by atoms with Crippen LogP contribution in [-0.4, -0.2) is 62.8 Å². The van der Waals surface area contributed by atoms with E-state index in [1.165, 1.54) is 0 Å². The van der Waals surface area contributed by atoms with E-state index in [1.54, 1.807) is 0 Å². The van der Waals surface area contributed by atoms with E-state index in [1.807, 2.05) is 6.92 Å². The topological polar surface area (TPSA) is 53.6 Å². The van der Waals surface area contributed by atoms with Crippen molar-refractivity contribution >= 4 is 5.91 Å². The van der Waals surface area contributed by atoms with Crippen molar-refractivity contribution in [1.82, 2.24) is 15.5 Å². The second-order valence-electron chi connectivity index (χ2n) is 5.35. The third kappa shape index (κ3) is 3.43. The minimum Gasteiger partial charge on any atom is -0.375 e. The number of likely N-dealkylation sites (tertiary alicyclic amines) is 1. The van der Waals surface area contributed by atoms with Crippen LogP contribution in [0.4, 0.5) is 0 Å². The van der Waals surface area contributed by atoms with Gasteiger partial charge in [-0.05, 0) is 39.9 Å². The van der Waals surface area contributed by atoms with Crippen molar-refractivity contribution in [3.63, 3.8) is 0 Å². The van der Waals surface area contributed by atoms with Gasteiger partial charge in [0.15, 0.2) is 0 Å². The first-order valence-corrected chi connectivity index (χ1v) is 7.02. The number of carbonyl (C=O) groups is 1. The second-order valence-corrected chi connectivity index (χ2v) is 5.35. The van der Waals surface area contributed by atoms with Crippen molar-refractivity contribution in [3.05, 3.63) is 0 Å². The Labute approximate surface area is 109 Å². The smallest absolute Gasteiger partial charge is 0.223 e. The fourth-order valence-corrected chi connectivity index (χ4v) is 2.87. The van der Waals surface area contributed by atoms with Gasteiger partial charge in [-0.25, -0.2) is 0 Å². The number of amides is 1. The number of nitrogens with one attached hydrogen (secondary N) is 2. The average molecular weight is 255 g/mol. The van der Waals surface area contributed by atoms with E-state index in [9.17, 15) is 4.79 Å². The van der Waals surface area contributed by atoms with Crippen molar-refractivity contribution in [3.8, 4) is 0 Å². The molecule has 0 bridgehead atoms. The molecule has 0 saturated carbocycles. The van der Waals surface area contributed by atoms with Crippen LogP contribution in [0.3, 0.4) is 0 Å². The lowest BCUT2D eigenvalue weighted by Crippen LogP contribution is -2.48. The predicted octanol–water partition coefficient (Wildman–Crippen LogP) is -0.179. The summed E-state index contributed by atoms with van der Waals surface area (Å²) >= 11 is 0. The number of hydrogen-bond donors (Lipinski definition) is 2. The maximum atomic E-state index is 12.2. The Hall–Kier alpha value is -0.650. The number of likely N-dealkylation sites (N-methyl/N-ethyl adjacent to an activating group) is 1. The van der Waals surface area contributed by atoms with Gasteiger partial charge < -0.3 is 20.3 Å². The number of carbonyl (C=O) groups excluding carboxylic acids is 1. The monoisotopic (exact) mass is 255 g/mol. The van der Waals surface area contributed by atoms with Crippen LogP contribution in [0.15, 0.2) is 0 Å². The Morgan fingerprint density at radius 3 is 2.78 bits per heavy atom. The molecule has 2 atom stereocenters. The molecule has 0 aliphatic carbocycles. The Kier molecular flexibility index (Phi) is 4.97. The van der Waals surface area contributed by atoms with Crippen molar-refractivity contribution < 1.29 is 9.53 Å². The normalized spacial score (nSPS) is 30.6. The lowest BCUT2D eigenvalue weighted by atomic mass is 9.97. The molecule has 5 nitrogen and oxygen atoms in total. The Bertz CT molecular complexity index is 279. The molecule has 0 spiro atoms. The molecule has 104 valence electrons. The molecule has 2 fully saturated rings. The predicted molar refractivity (Wildman–Crippen MR) is 70.4 cm³/mol. The summed E-state index contributed by atoms with van der Waals surface area (Å²) in [4.78, 5) is 14.4. The van der Waals surface area contributed by atoms with Gasteiger partial charge in [0.05, 0.1) is 12.1 Å². The van der Waals surface area contributed by atoms with E-state index in [4.69, 9.17) is 4.74 Å². The van der Waals surface area contributed by atoms with E-state index in [0.29, 0.717) is 6.61 Å². The Morgan fingerprint density at radius 2 is 2.11 bits per heavy atom. The second kappa shape index (κ2) is 6.50. The summed E-state index contributed by atoms with van der Waals surface area (Å²) < 4.78 is 5.71. The maximum Gasteiger partial charge on any atom is 0.223 e. The summed E-state index contributed by atoms with van der Waals surface area (Å²) in [5, 5.41) is 6.47. The summed E-state index contributed by atoms with van der Waals surface area (Å²) in [5.74, 6) is 0.390. The highest BCUT2D eigenvalue weighted by molar-refractivity contribution is 5.79.